The molecule has 138 valence electrons. The average Bonchev–Trinajstić information content (AvgIpc) is 3.26. The van der Waals surface area contributed by atoms with Crippen LogP contribution in [0.2, 0.25) is 0 Å². The molecule has 4 rings (SSSR count). The number of rotatable bonds is 6. The molecular weight excluding hydrogens is 433 g/mol. The number of hydrogen-bond acceptors (Lipinski definition) is 5. The molecule has 0 radical (unpaired) electrons. The van der Waals surface area contributed by atoms with Gasteiger partial charge in [0.15, 0.2) is 17.3 Å². The number of halogens is 1. The lowest BCUT2D eigenvalue weighted by Gasteiger charge is -2.39. The summed E-state index contributed by atoms with van der Waals surface area (Å²) in [5.41, 5.74) is 1.31. The predicted octanol–water partition coefficient (Wildman–Crippen LogP) is 3.48. The molecule has 1 unspecified atom stereocenters. The van der Waals surface area contributed by atoms with Gasteiger partial charge in [-0.1, -0.05) is 6.42 Å². The Balaban J connectivity index is 1.23. The fourth-order valence-corrected chi connectivity index (χ4v) is 4.88. The zero-order valence-electron chi connectivity index (χ0n) is 14.5. The van der Waals surface area contributed by atoms with Gasteiger partial charge in [0.05, 0.1) is 13.2 Å². The molecule has 0 bridgehead atoms. The lowest BCUT2D eigenvalue weighted by Crippen LogP contribution is -2.43. The second-order valence-electron chi connectivity index (χ2n) is 7.04. The highest BCUT2D eigenvalue weighted by atomic mass is 127. The maximum absolute atomic E-state index is 6.00. The molecule has 1 saturated carbocycles. The first-order chi connectivity index (χ1) is 12.3. The summed E-state index contributed by atoms with van der Waals surface area (Å²) in [4.78, 5) is 0. The van der Waals surface area contributed by atoms with Crippen molar-refractivity contribution in [3.8, 4) is 11.5 Å². The van der Waals surface area contributed by atoms with Gasteiger partial charge in [0, 0.05) is 15.9 Å². The fraction of sp³-hybridized carbons (Fsp3) is 0.684. The quantitative estimate of drug-likeness (QED) is 0.522. The molecule has 2 fully saturated rings. The van der Waals surface area contributed by atoms with Crippen LogP contribution < -0.4 is 14.8 Å². The molecular formula is C19H26INO4. The maximum Gasteiger partial charge on any atom is 0.231 e. The van der Waals surface area contributed by atoms with Crippen LogP contribution in [0.15, 0.2) is 12.1 Å². The van der Waals surface area contributed by atoms with Gasteiger partial charge in [-0.05, 0) is 79.1 Å². The fourth-order valence-electron chi connectivity index (χ4n) is 4.18. The molecule has 5 nitrogen and oxygen atoms in total. The zero-order chi connectivity index (χ0) is 17.1. The van der Waals surface area contributed by atoms with Crippen molar-refractivity contribution in [2.24, 2.45) is 5.92 Å². The summed E-state index contributed by atoms with van der Waals surface area (Å²) in [5.74, 6) is 1.99. The van der Waals surface area contributed by atoms with Crippen LogP contribution in [-0.2, 0) is 15.9 Å². The van der Waals surface area contributed by atoms with E-state index in [0.717, 1.165) is 57.1 Å². The SMILES string of the molecule is Ic1cc2c(cc1CCNCCC1CCCCC13OCCO3)OCO2. The lowest BCUT2D eigenvalue weighted by atomic mass is 9.81. The minimum atomic E-state index is -0.271. The van der Waals surface area contributed by atoms with Gasteiger partial charge in [-0.3, -0.25) is 0 Å². The number of hydrogen-bond donors (Lipinski definition) is 1. The summed E-state index contributed by atoms with van der Waals surface area (Å²) in [6, 6.07) is 4.18. The smallest absolute Gasteiger partial charge is 0.231 e. The second kappa shape index (κ2) is 7.98. The van der Waals surface area contributed by atoms with Gasteiger partial charge in [-0.2, -0.15) is 0 Å². The highest BCUT2D eigenvalue weighted by Crippen LogP contribution is 2.42. The van der Waals surface area contributed by atoms with Crippen molar-refractivity contribution >= 4 is 22.6 Å². The number of ether oxygens (including phenoxy) is 4. The first-order valence-electron chi connectivity index (χ1n) is 9.33. The van der Waals surface area contributed by atoms with Crippen molar-refractivity contribution in [1.29, 1.82) is 0 Å². The van der Waals surface area contributed by atoms with E-state index in [-0.39, 0.29) is 5.79 Å². The van der Waals surface area contributed by atoms with Crippen LogP contribution in [-0.4, -0.2) is 38.9 Å². The third-order valence-corrected chi connectivity index (χ3v) is 6.51. The van der Waals surface area contributed by atoms with Crippen molar-refractivity contribution in [1.82, 2.24) is 5.32 Å². The number of fused-ring (bicyclic) bond motifs is 1. The first kappa shape index (κ1) is 17.8. The van der Waals surface area contributed by atoms with Gasteiger partial charge in [0.25, 0.3) is 0 Å². The van der Waals surface area contributed by atoms with Gasteiger partial charge in [-0.15, -0.1) is 0 Å². The molecule has 2 heterocycles. The van der Waals surface area contributed by atoms with Crippen LogP contribution in [0.25, 0.3) is 0 Å². The van der Waals surface area contributed by atoms with Crippen molar-refractivity contribution < 1.29 is 18.9 Å². The van der Waals surface area contributed by atoms with Crippen molar-refractivity contribution in [2.75, 3.05) is 33.1 Å². The molecule has 25 heavy (non-hydrogen) atoms. The maximum atomic E-state index is 6.00. The van der Waals surface area contributed by atoms with Crippen molar-refractivity contribution in [2.45, 2.75) is 44.3 Å². The van der Waals surface area contributed by atoms with Crippen LogP contribution in [0.1, 0.15) is 37.7 Å². The lowest BCUT2D eigenvalue weighted by molar-refractivity contribution is -0.213. The van der Waals surface area contributed by atoms with E-state index in [1.807, 2.05) is 0 Å². The summed E-state index contributed by atoms with van der Waals surface area (Å²) < 4.78 is 24.1. The predicted molar refractivity (Wildman–Crippen MR) is 103 cm³/mol. The van der Waals surface area contributed by atoms with Gasteiger partial charge in [0.1, 0.15) is 0 Å². The van der Waals surface area contributed by atoms with E-state index in [9.17, 15) is 0 Å². The van der Waals surface area contributed by atoms with Crippen molar-refractivity contribution in [3.05, 3.63) is 21.3 Å². The molecule has 1 saturated heterocycles. The molecule has 2 aliphatic heterocycles. The summed E-state index contributed by atoms with van der Waals surface area (Å²) in [7, 11) is 0. The van der Waals surface area contributed by atoms with Gasteiger partial charge < -0.3 is 24.3 Å². The Hall–Kier alpha value is -0.570. The molecule has 6 heteroatoms. The van der Waals surface area contributed by atoms with Crippen LogP contribution in [0.4, 0.5) is 0 Å². The van der Waals surface area contributed by atoms with Crippen LogP contribution in [0.3, 0.4) is 0 Å². The standard InChI is InChI=1S/C19H26INO4/c20-16-12-18-17(22-13-23-18)11-14(16)4-7-21-8-5-15-3-1-2-6-19(15)24-9-10-25-19/h11-12,15,21H,1-10,13H2. The van der Waals surface area contributed by atoms with E-state index in [1.54, 1.807) is 0 Å². The Morgan fingerprint density at radius 3 is 2.72 bits per heavy atom. The molecule has 1 spiro atoms. The van der Waals surface area contributed by atoms with E-state index >= 15 is 0 Å². The van der Waals surface area contributed by atoms with E-state index in [0.29, 0.717) is 12.7 Å². The van der Waals surface area contributed by atoms with Gasteiger partial charge in [-0.25, -0.2) is 0 Å². The summed E-state index contributed by atoms with van der Waals surface area (Å²) in [6.45, 7) is 3.83. The summed E-state index contributed by atoms with van der Waals surface area (Å²) in [5, 5.41) is 3.60. The molecule has 0 aromatic heterocycles. The monoisotopic (exact) mass is 459 g/mol. The van der Waals surface area contributed by atoms with Crippen LogP contribution >= 0.6 is 22.6 Å². The Bertz CT molecular complexity index is 603. The van der Waals surface area contributed by atoms with Gasteiger partial charge >= 0.3 is 0 Å². The molecule has 1 atom stereocenters. The molecule has 1 N–H and O–H groups in total. The molecule has 1 aromatic rings. The number of nitrogens with one attached hydrogen (secondary N) is 1. The zero-order valence-corrected chi connectivity index (χ0v) is 16.7. The Kier molecular flexibility index (Phi) is 5.69. The average molecular weight is 459 g/mol. The van der Waals surface area contributed by atoms with E-state index in [4.69, 9.17) is 18.9 Å². The highest BCUT2D eigenvalue weighted by Gasteiger charge is 2.45. The third kappa shape index (κ3) is 3.91. The minimum Gasteiger partial charge on any atom is -0.454 e. The molecule has 1 aromatic carbocycles. The first-order valence-corrected chi connectivity index (χ1v) is 10.4. The van der Waals surface area contributed by atoms with E-state index in [1.165, 1.54) is 28.4 Å². The normalized spacial score (nSPS) is 24.1. The summed E-state index contributed by atoms with van der Waals surface area (Å²) >= 11 is 2.37. The highest BCUT2D eigenvalue weighted by molar-refractivity contribution is 14.1. The minimum absolute atomic E-state index is 0.271. The van der Waals surface area contributed by atoms with Crippen LogP contribution in [0, 0.1) is 9.49 Å². The largest absolute Gasteiger partial charge is 0.454 e. The topological polar surface area (TPSA) is 49.0 Å². The molecule has 3 aliphatic rings. The van der Waals surface area contributed by atoms with E-state index < -0.39 is 0 Å². The molecule has 1 aliphatic carbocycles. The summed E-state index contributed by atoms with van der Waals surface area (Å²) in [6.07, 6.45) is 6.94. The Labute approximate surface area is 162 Å². The van der Waals surface area contributed by atoms with Crippen molar-refractivity contribution in [3.63, 3.8) is 0 Å². The van der Waals surface area contributed by atoms with Gasteiger partial charge in [0.2, 0.25) is 6.79 Å². The van der Waals surface area contributed by atoms with E-state index in [2.05, 4.69) is 40.0 Å². The number of benzene rings is 1. The Morgan fingerprint density at radius 1 is 1.08 bits per heavy atom. The third-order valence-electron chi connectivity index (χ3n) is 5.51. The van der Waals surface area contributed by atoms with Crippen LogP contribution in [0.5, 0.6) is 11.5 Å². The second-order valence-corrected chi connectivity index (χ2v) is 8.20. The Morgan fingerprint density at radius 2 is 1.88 bits per heavy atom. The molecule has 0 amide bonds.